The normalized spacial score (nSPS) is 14.1. The first-order chi connectivity index (χ1) is 13.6. The van der Waals surface area contributed by atoms with Crippen LogP contribution in [-0.2, 0) is 25.5 Å². The number of aliphatic carboxylic acids is 2. The highest BCUT2D eigenvalue weighted by atomic mass is 16.6. The molecule has 29 heavy (non-hydrogen) atoms. The van der Waals surface area contributed by atoms with Crippen LogP contribution in [0.5, 0.6) is 11.5 Å². The zero-order chi connectivity index (χ0) is 21.6. The van der Waals surface area contributed by atoms with E-state index in [1.54, 1.807) is 0 Å². The lowest BCUT2D eigenvalue weighted by atomic mass is 9.88. The maximum Gasteiger partial charge on any atom is 0.348 e. The van der Waals surface area contributed by atoms with E-state index in [1.807, 2.05) is 0 Å². The van der Waals surface area contributed by atoms with Gasteiger partial charge in [0.1, 0.15) is 11.5 Å². The van der Waals surface area contributed by atoms with Crippen LogP contribution < -0.4 is 0 Å². The number of carbonyl (C=O) groups is 3. The molecule has 0 unspecified atom stereocenters. The zero-order valence-electron chi connectivity index (χ0n) is 14.9. The van der Waals surface area contributed by atoms with Crippen molar-refractivity contribution in [1.82, 2.24) is 0 Å². The Morgan fingerprint density at radius 2 is 1.45 bits per heavy atom. The van der Waals surface area contributed by atoms with Gasteiger partial charge in [-0.3, -0.25) is 0 Å². The number of rotatable bonds is 8. The fourth-order valence-corrected chi connectivity index (χ4v) is 2.46. The molecule has 2 atom stereocenters. The van der Waals surface area contributed by atoms with Gasteiger partial charge in [-0.2, -0.15) is 0 Å². The van der Waals surface area contributed by atoms with Gasteiger partial charge in [-0.1, -0.05) is 24.3 Å². The summed E-state index contributed by atoms with van der Waals surface area (Å²) in [4.78, 5) is 35.2. The molecule has 0 bridgehead atoms. The number of benzene rings is 2. The van der Waals surface area contributed by atoms with E-state index in [0.717, 1.165) is 6.08 Å². The van der Waals surface area contributed by atoms with Gasteiger partial charge in [0, 0.05) is 12.5 Å². The van der Waals surface area contributed by atoms with E-state index in [1.165, 1.54) is 54.6 Å². The number of phenolic OH excluding ortho intramolecular Hbond substituents is 2. The summed E-state index contributed by atoms with van der Waals surface area (Å²) in [6.07, 6.45) is -0.953. The first kappa shape index (κ1) is 21.5. The third-order valence-electron chi connectivity index (χ3n) is 3.98. The standard InChI is InChI=1S/C20H18O9/c21-14-6-1-12(2-7-14)5-10-16(23)29-17(18(24)25)20(28,19(26)27)11-13-3-8-15(22)9-4-13/h1-10,17,21-22,28H,11H2,(H,24,25)(H,26,27)/b10-5+/t17-,20-/m0/s1. The maximum atomic E-state index is 12.0. The van der Waals surface area contributed by atoms with Crippen LogP contribution in [0, 0.1) is 0 Å². The molecule has 9 heteroatoms. The summed E-state index contributed by atoms with van der Waals surface area (Å²) in [6, 6.07) is 10.8. The molecule has 152 valence electrons. The van der Waals surface area contributed by atoms with Gasteiger partial charge in [0.25, 0.3) is 0 Å². The number of carbonyl (C=O) groups excluding carboxylic acids is 1. The largest absolute Gasteiger partial charge is 0.508 e. The van der Waals surface area contributed by atoms with Gasteiger partial charge in [0.2, 0.25) is 11.7 Å². The minimum Gasteiger partial charge on any atom is -0.508 e. The monoisotopic (exact) mass is 402 g/mol. The smallest absolute Gasteiger partial charge is 0.348 e. The molecule has 0 saturated carbocycles. The number of carboxylic acid groups (broad SMARTS) is 2. The first-order valence-electron chi connectivity index (χ1n) is 8.26. The van der Waals surface area contributed by atoms with Gasteiger partial charge in [-0.05, 0) is 41.5 Å². The molecule has 0 radical (unpaired) electrons. The Bertz CT molecular complexity index is 916. The van der Waals surface area contributed by atoms with Crippen LogP contribution >= 0.6 is 0 Å². The van der Waals surface area contributed by atoms with E-state index in [-0.39, 0.29) is 17.1 Å². The molecular formula is C20H18O9. The SMILES string of the molecule is O=C(/C=C/c1ccc(O)cc1)O[C@@H](C(=O)O)[C@@](O)(Cc1ccc(O)cc1)C(=O)O. The molecule has 0 aliphatic carbocycles. The minimum atomic E-state index is -2.95. The van der Waals surface area contributed by atoms with Crippen LogP contribution in [0.25, 0.3) is 6.08 Å². The second-order valence-corrected chi connectivity index (χ2v) is 6.15. The van der Waals surface area contributed by atoms with E-state index in [4.69, 9.17) is 4.74 Å². The van der Waals surface area contributed by atoms with E-state index in [9.17, 15) is 39.9 Å². The second-order valence-electron chi connectivity index (χ2n) is 6.15. The number of aliphatic hydroxyl groups is 1. The molecule has 2 rings (SSSR count). The van der Waals surface area contributed by atoms with E-state index >= 15 is 0 Å². The van der Waals surface area contributed by atoms with Crippen molar-refractivity contribution in [1.29, 1.82) is 0 Å². The predicted octanol–water partition coefficient (Wildman–Crippen LogP) is 1.17. The fraction of sp³-hybridized carbons (Fsp3) is 0.150. The van der Waals surface area contributed by atoms with Crippen LogP contribution in [0.15, 0.2) is 54.6 Å². The number of phenols is 2. The number of hydrogen-bond acceptors (Lipinski definition) is 7. The third-order valence-corrected chi connectivity index (χ3v) is 3.98. The van der Waals surface area contributed by atoms with Crippen LogP contribution in [0.2, 0.25) is 0 Å². The molecule has 0 aromatic heterocycles. The number of hydrogen-bond donors (Lipinski definition) is 5. The quantitative estimate of drug-likeness (QED) is 0.322. The number of carboxylic acids is 2. The van der Waals surface area contributed by atoms with Gasteiger partial charge >= 0.3 is 17.9 Å². The lowest BCUT2D eigenvalue weighted by Gasteiger charge is -2.29. The zero-order valence-corrected chi connectivity index (χ0v) is 14.9. The van der Waals surface area contributed by atoms with Crippen LogP contribution in [0.3, 0.4) is 0 Å². The van der Waals surface area contributed by atoms with Gasteiger partial charge in [-0.25, -0.2) is 14.4 Å². The van der Waals surface area contributed by atoms with Crippen molar-refractivity contribution in [3.63, 3.8) is 0 Å². The van der Waals surface area contributed by atoms with E-state index in [2.05, 4.69) is 0 Å². The highest BCUT2D eigenvalue weighted by Gasteiger charge is 2.51. The Balaban J connectivity index is 2.22. The van der Waals surface area contributed by atoms with Crippen molar-refractivity contribution in [3.8, 4) is 11.5 Å². The number of aromatic hydroxyl groups is 2. The van der Waals surface area contributed by atoms with Gasteiger partial charge in [0.15, 0.2) is 0 Å². The average molecular weight is 402 g/mol. The van der Waals surface area contributed by atoms with Crippen molar-refractivity contribution in [2.75, 3.05) is 0 Å². The molecule has 2 aromatic carbocycles. The molecule has 0 fully saturated rings. The van der Waals surface area contributed by atoms with Crippen molar-refractivity contribution in [2.45, 2.75) is 18.1 Å². The van der Waals surface area contributed by atoms with Gasteiger partial charge in [0.05, 0.1) is 0 Å². The van der Waals surface area contributed by atoms with Crippen LogP contribution in [0.1, 0.15) is 11.1 Å². The summed E-state index contributed by atoms with van der Waals surface area (Å²) < 4.78 is 4.72. The lowest BCUT2D eigenvalue weighted by molar-refractivity contribution is -0.192. The highest BCUT2D eigenvalue weighted by molar-refractivity contribution is 5.92. The average Bonchev–Trinajstić information content (AvgIpc) is 2.67. The van der Waals surface area contributed by atoms with Crippen molar-refractivity contribution in [2.24, 2.45) is 0 Å². The Kier molecular flexibility index (Phi) is 6.58. The fourth-order valence-electron chi connectivity index (χ4n) is 2.46. The Hall–Kier alpha value is -3.85. The molecule has 0 aliphatic heterocycles. The van der Waals surface area contributed by atoms with Crippen molar-refractivity contribution < 1.29 is 44.7 Å². The second kappa shape index (κ2) is 8.89. The molecule has 0 saturated heterocycles. The summed E-state index contributed by atoms with van der Waals surface area (Å²) in [6.45, 7) is 0. The summed E-state index contributed by atoms with van der Waals surface area (Å²) in [7, 11) is 0. The molecule has 2 aromatic rings. The summed E-state index contributed by atoms with van der Waals surface area (Å²) in [5.41, 5.74) is -2.26. The van der Waals surface area contributed by atoms with Gasteiger partial charge < -0.3 is 30.3 Å². The van der Waals surface area contributed by atoms with Crippen molar-refractivity contribution >= 4 is 24.0 Å². The van der Waals surface area contributed by atoms with Crippen LogP contribution in [0.4, 0.5) is 0 Å². The van der Waals surface area contributed by atoms with Gasteiger partial charge in [-0.15, -0.1) is 0 Å². The maximum absolute atomic E-state index is 12.0. The van der Waals surface area contributed by atoms with E-state index < -0.39 is 36.0 Å². The topological polar surface area (TPSA) is 162 Å². The molecular weight excluding hydrogens is 384 g/mol. The Morgan fingerprint density at radius 3 is 1.93 bits per heavy atom. The molecule has 9 nitrogen and oxygen atoms in total. The Morgan fingerprint density at radius 1 is 0.931 bits per heavy atom. The highest BCUT2D eigenvalue weighted by Crippen LogP contribution is 2.23. The summed E-state index contributed by atoms with van der Waals surface area (Å²) >= 11 is 0. The molecule has 5 N–H and O–H groups in total. The summed E-state index contributed by atoms with van der Waals surface area (Å²) in [5.74, 6) is -5.02. The van der Waals surface area contributed by atoms with Crippen molar-refractivity contribution in [3.05, 3.63) is 65.7 Å². The molecule has 0 amide bonds. The molecule has 0 heterocycles. The summed E-state index contributed by atoms with van der Waals surface area (Å²) in [5, 5.41) is 47.8. The molecule has 0 aliphatic rings. The van der Waals surface area contributed by atoms with E-state index in [0.29, 0.717) is 5.56 Å². The predicted molar refractivity (Wildman–Crippen MR) is 99.1 cm³/mol. The number of esters is 1. The third kappa shape index (κ3) is 5.56. The molecule has 0 spiro atoms. The number of ether oxygens (including phenoxy) is 1. The minimum absolute atomic E-state index is 0.0106. The Labute approximate surface area is 164 Å². The lowest BCUT2D eigenvalue weighted by Crippen LogP contribution is -2.56. The van der Waals surface area contributed by atoms with Crippen LogP contribution in [-0.4, -0.2) is 55.1 Å². The first-order valence-corrected chi connectivity index (χ1v) is 8.26.